The maximum Gasteiger partial charge on any atom is 0.341 e. The van der Waals surface area contributed by atoms with Gasteiger partial charge in [0.15, 0.2) is 0 Å². The van der Waals surface area contributed by atoms with E-state index in [4.69, 9.17) is 9.15 Å². The number of methoxy groups -OCH3 is 1. The summed E-state index contributed by atoms with van der Waals surface area (Å²) in [6.07, 6.45) is 0. The maximum atomic E-state index is 12.1. The highest BCUT2D eigenvalue weighted by molar-refractivity contribution is 5.91. The Balaban J connectivity index is 2.08. The molecule has 22 heavy (non-hydrogen) atoms. The summed E-state index contributed by atoms with van der Waals surface area (Å²) in [4.78, 5) is 23.6. The number of carbonyl (C=O) groups excluding carboxylic acids is 2. The summed E-state index contributed by atoms with van der Waals surface area (Å²) in [7, 11) is 1.30. The molecule has 1 aromatic heterocycles. The first-order valence-corrected chi connectivity index (χ1v) is 6.85. The summed E-state index contributed by atoms with van der Waals surface area (Å²) >= 11 is 0. The van der Waals surface area contributed by atoms with Gasteiger partial charge >= 0.3 is 11.9 Å². The zero-order valence-electron chi connectivity index (χ0n) is 13.1. The van der Waals surface area contributed by atoms with Gasteiger partial charge in [-0.1, -0.05) is 12.1 Å². The van der Waals surface area contributed by atoms with Gasteiger partial charge in [0.05, 0.1) is 12.7 Å². The monoisotopic (exact) mass is 302 g/mol. The van der Waals surface area contributed by atoms with E-state index in [-0.39, 0.29) is 6.61 Å². The number of hydrogen-bond acceptors (Lipinski definition) is 5. The largest absolute Gasteiger partial charge is 0.465 e. The maximum absolute atomic E-state index is 12.1. The summed E-state index contributed by atoms with van der Waals surface area (Å²) in [6.45, 7) is 5.43. The topological polar surface area (TPSA) is 65.7 Å². The fourth-order valence-corrected chi connectivity index (χ4v) is 2.11. The highest BCUT2D eigenvalue weighted by Crippen LogP contribution is 2.18. The number of esters is 2. The van der Waals surface area contributed by atoms with Crippen LogP contribution in [0, 0.1) is 20.8 Å². The molecule has 0 saturated carbocycles. The average Bonchev–Trinajstić information content (AvgIpc) is 2.88. The first-order chi connectivity index (χ1) is 10.4. The predicted octanol–water partition coefficient (Wildman–Crippen LogP) is 3.35. The van der Waals surface area contributed by atoms with E-state index < -0.39 is 11.9 Å². The predicted molar refractivity (Wildman–Crippen MR) is 79.8 cm³/mol. The van der Waals surface area contributed by atoms with Crippen LogP contribution in [-0.2, 0) is 16.1 Å². The Morgan fingerprint density at radius 2 is 1.82 bits per heavy atom. The molecule has 0 unspecified atom stereocenters. The van der Waals surface area contributed by atoms with Crippen LogP contribution in [-0.4, -0.2) is 19.0 Å². The number of benzene rings is 1. The van der Waals surface area contributed by atoms with Crippen molar-refractivity contribution in [2.45, 2.75) is 27.4 Å². The van der Waals surface area contributed by atoms with Crippen molar-refractivity contribution in [3.8, 4) is 0 Å². The summed E-state index contributed by atoms with van der Waals surface area (Å²) < 4.78 is 15.3. The van der Waals surface area contributed by atoms with Crippen molar-refractivity contribution in [1.82, 2.24) is 0 Å². The van der Waals surface area contributed by atoms with Gasteiger partial charge in [0.2, 0.25) is 0 Å². The van der Waals surface area contributed by atoms with Gasteiger partial charge in [0.1, 0.15) is 23.7 Å². The van der Waals surface area contributed by atoms with Crippen molar-refractivity contribution >= 4 is 11.9 Å². The standard InChI is InChI=1S/C17H18O5/c1-10-6-5-7-14(11(10)2)17(19)21-9-13-8-15(12(3)22-13)16(18)20-4/h5-8H,9H2,1-4H3. The van der Waals surface area contributed by atoms with Gasteiger partial charge < -0.3 is 13.9 Å². The van der Waals surface area contributed by atoms with E-state index >= 15 is 0 Å². The summed E-state index contributed by atoms with van der Waals surface area (Å²) in [5.74, 6) is -0.0654. The van der Waals surface area contributed by atoms with Crippen molar-refractivity contribution in [1.29, 1.82) is 0 Å². The molecule has 0 aliphatic rings. The van der Waals surface area contributed by atoms with Crippen molar-refractivity contribution in [2.75, 3.05) is 7.11 Å². The fraction of sp³-hybridized carbons (Fsp3) is 0.294. The number of ether oxygens (including phenoxy) is 2. The lowest BCUT2D eigenvalue weighted by Gasteiger charge is -2.07. The second-order valence-electron chi connectivity index (χ2n) is 5.00. The second-order valence-corrected chi connectivity index (χ2v) is 5.00. The van der Waals surface area contributed by atoms with Gasteiger partial charge in [-0.05, 0) is 44.0 Å². The average molecular weight is 302 g/mol. The minimum atomic E-state index is -0.478. The third kappa shape index (κ3) is 3.19. The van der Waals surface area contributed by atoms with Crippen molar-refractivity contribution in [3.63, 3.8) is 0 Å². The van der Waals surface area contributed by atoms with Crippen LogP contribution in [0.15, 0.2) is 28.7 Å². The van der Waals surface area contributed by atoms with E-state index in [1.165, 1.54) is 13.2 Å². The minimum Gasteiger partial charge on any atom is -0.465 e. The normalized spacial score (nSPS) is 10.4. The van der Waals surface area contributed by atoms with Crippen LogP contribution in [0.25, 0.3) is 0 Å². The molecule has 5 heteroatoms. The zero-order chi connectivity index (χ0) is 16.3. The fourth-order valence-electron chi connectivity index (χ4n) is 2.11. The Hall–Kier alpha value is -2.56. The van der Waals surface area contributed by atoms with Crippen molar-refractivity contribution < 1.29 is 23.5 Å². The first-order valence-electron chi connectivity index (χ1n) is 6.85. The number of carbonyl (C=O) groups is 2. The Morgan fingerprint density at radius 1 is 1.09 bits per heavy atom. The van der Waals surface area contributed by atoms with Gasteiger partial charge in [-0.3, -0.25) is 0 Å². The number of furan rings is 1. The molecule has 0 radical (unpaired) electrons. The molecular weight excluding hydrogens is 284 g/mol. The third-order valence-corrected chi connectivity index (χ3v) is 3.54. The van der Waals surface area contributed by atoms with Crippen LogP contribution in [0.4, 0.5) is 0 Å². The zero-order valence-corrected chi connectivity index (χ0v) is 13.1. The molecule has 0 fully saturated rings. The van der Waals surface area contributed by atoms with E-state index in [1.54, 1.807) is 13.0 Å². The molecule has 0 N–H and O–H groups in total. The molecular formula is C17H18O5. The quantitative estimate of drug-likeness (QED) is 0.810. The molecule has 2 aromatic rings. The molecule has 116 valence electrons. The molecule has 0 spiro atoms. The molecule has 1 aromatic carbocycles. The van der Waals surface area contributed by atoms with E-state index in [2.05, 4.69) is 4.74 Å². The van der Waals surface area contributed by atoms with Crippen molar-refractivity contribution in [3.05, 3.63) is 58.0 Å². The summed E-state index contributed by atoms with van der Waals surface area (Å²) in [5.41, 5.74) is 2.77. The summed E-state index contributed by atoms with van der Waals surface area (Å²) in [5, 5.41) is 0. The van der Waals surface area contributed by atoms with E-state index in [0.717, 1.165) is 11.1 Å². The molecule has 5 nitrogen and oxygen atoms in total. The van der Waals surface area contributed by atoms with E-state index in [1.807, 2.05) is 26.0 Å². The molecule has 0 amide bonds. The Morgan fingerprint density at radius 3 is 2.50 bits per heavy atom. The van der Waals surface area contributed by atoms with Crippen LogP contribution in [0.5, 0.6) is 0 Å². The van der Waals surface area contributed by atoms with Gasteiger partial charge in [-0.25, -0.2) is 9.59 Å². The van der Waals surface area contributed by atoms with E-state index in [9.17, 15) is 9.59 Å². The van der Waals surface area contributed by atoms with Crippen LogP contribution in [0.2, 0.25) is 0 Å². The smallest absolute Gasteiger partial charge is 0.341 e. The van der Waals surface area contributed by atoms with Gasteiger partial charge in [0, 0.05) is 0 Å². The molecule has 1 heterocycles. The van der Waals surface area contributed by atoms with Gasteiger partial charge in [-0.15, -0.1) is 0 Å². The van der Waals surface area contributed by atoms with Crippen LogP contribution < -0.4 is 0 Å². The minimum absolute atomic E-state index is 0.0376. The summed E-state index contributed by atoms with van der Waals surface area (Å²) in [6, 6.07) is 6.99. The highest BCUT2D eigenvalue weighted by Gasteiger charge is 2.17. The van der Waals surface area contributed by atoms with Crippen LogP contribution in [0.1, 0.15) is 43.4 Å². The first kappa shape index (κ1) is 15.8. The van der Waals surface area contributed by atoms with Gasteiger partial charge in [0.25, 0.3) is 0 Å². The van der Waals surface area contributed by atoms with Crippen LogP contribution in [0.3, 0.4) is 0 Å². The van der Waals surface area contributed by atoms with Gasteiger partial charge in [-0.2, -0.15) is 0 Å². The Kier molecular flexibility index (Phi) is 4.65. The SMILES string of the molecule is COC(=O)c1cc(COC(=O)c2cccc(C)c2C)oc1C. The molecule has 0 bridgehead atoms. The van der Waals surface area contributed by atoms with E-state index in [0.29, 0.717) is 22.6 Å². The number of rotatable bonds is 4. The lowest BCUT2D eigenvalue weighted by molar-refractivity contribution is 0.0443. The lowest BCUT2D eigenvalue weighted by Crippen LogP contribution is -2.07. The third-order valence-electron chi connectivity index (χ3n) is 3.54. The van der Waals surface area contributed by atoms with Crippen LogP contribution >= 0.6 is 0 Å². The second kappa shape index (κ2) is 6.47. The molecule has 0 aliphatic heterocycles. The van der Waals surface area contributed by atoms with Crippen molar-refractivity contribution in [2.24, 2.45) is 0 Å². The Labute approximate surface area is 128 Å². The Bertz CT molecular complexity index is 712. The number of aryl methyl sites for hydroxylation is 2. The molecule has 0 atom stereocenters. The molecule has 0 aliphatic carbocycles. The lowest BCUT2D eigenvalue weighted by atomic mass is 10.0. The molecule has 2 rings (SSSR count). The highest BCUT2D eigenvalue weighted by atomic mass is 16.5. The molecule has 0 saturated heterocycles. The number of hydrogen-bond donors (Lipinski definition) is 0.